The number of methoxy groups -OCH3 is 1. The molecule has 0 aliphatic carbocycles. The van der Waals surface area contributed by atoms with E-state index in [0.717, 1.165) is 6.07 Å². The van der Waals surface area contributed by atoms with E-state index in [1.54, 1.807) is 6.92 Å². The number of nitro benzene ring substituents is 1. The molecule has 0 saturated heterocycles. The Hall–Kier alpha value is -2.64. The molecule has 0 unspecified atom stereocenters. The van der Waals surface area contributed by atoms with Gasteiger partial charge in [0.25, 0.3) is 11.6 Å². The minimum Gasteiger partial charge on any atom is -0.493 e. The second kappa shape index (κ2) is 7.07. The van der Waals surface area contributed by atoms with Crippen LogP contribution in [0, 0.1) is 10.1 Å². The van der Waals surface area contributed by atoms with Crippen LogP contribution in [0.5, 0.6) is 11.5 Å². The van der Waals surface area contributed by atoms with E-state index in [1.807, 2.05) is 0 Å². The van der Waals surface area contributed by atoms with Crippen LogP contribution < -0.4 is 14.8 Å². The van der Waals surface area contributed by atoms with Gasteiger partial charge in [0.1, 0.15) is 0 Å². The Labute approximate surface area is 114 Å². The molecule has 20 heavy (non-hydrogen) atoms. The van der Waals surface area contributed by atoms with E-state index in [9.17, 15) is 19.7 Å². The first kappa shape index (κ1) is 15.4. The minimum absolute atomic E-state index is 0.0241. The maximum absolute atomic E-state index is 11.3. The van der Waals surface area contributed by atoms with Crippen LogP contribution in [0.15, 0.2) is 12.1 Å². The summed E-state index contributed by atoms with van der Waals surface area (Å²) in [6.45, 7) is 1.90. The molecule has 0 saturated carbocycles. The van der Waals surface area contributed by atoms with Crippen molar-refractivity contribution in [2.75, 3.05) is 20.3 Å². The molecule has 0 fully saturated rings. The standard InChI is InChI=1S/C12H14N2O6/c1-3-13-12(16)7-20-11-5-9(14(17)18)8(6-15)4-10(11)19-2/h4-6H,3,7H2,1-2H3,(H,13,16). The van der Waals surface area contributed by atoms with Crippen LogP contribution in [0.2, 0.25) is 0 Å². The molecule has 0 atom stereocenters. The Bertz CT molecular complexity index is 529. The molecule has 0 aliphatic rings. The van der Waals surface area contributed by atoms with Gasteiger partial charge in [-0.05, 0) is 6.92 Å². The van der Waals surface area contributed by atoms with Gasteiger partial charge in [-0.3, -0.25) is 19.7 Å². The Morgan fingerprint density at radius 3 is 2.65 bits per heavy atom. The van der Waals surface area contributed by atoms with E-state index in [1.165, 1.54) is 13.2 Å². The molecule has 0 aromatic heterocycles. The minimum atomic E-state index is -0.706. The van der Waals surface area contributed by atoms with E-state index >= 15 is 0 Å². The lowest BCUT2D eigenvalue weighted by molar-refractivity contribution is -0.385. The number of nitro groups is 1. The van der Waals surface area contributed by atoms with Crippen molar-refractivity contribution in [1.82, 2.24) is 5.32 Å². The highest BCUT2D eigenvalue weighted by atomic mass is 16.6. The summed E-state index contributed by atoms with van der Waals surface area (Å²) in [6, 6.07) is 2.25. The summed E-state index contributed by atoms with van der Waals surface area (Å²) in [7, 11) is 1.33. The summed E-state index contributed by atoms with van der Waals surface area (Å²) in [5, 5.41) is 13.4. The molecular formula is C12H14N2O6. The first-order chi connectivity index (χ1) is 9.53. The maximum Gasteiger partial charge on any atom is 0.283 e. The summed E-state index contributed by atoms with van der Waals surface area (Å²) < 4.78 is 10.2. The van der Waals surface area contributed by atoms with Gasteiger partial charge in [-0.15, -0.1) is 0 Å². The Morgan fingerprint density at radius 2 is 2.15 bits per heavy atom. The summed E-state index contributed by atoms with van der Waals surface area (Å²) in [5.41, 5.74) is -0.538. The van der Waals surface area contributed by atoms with Crippen LogP contribution >= 0.6 is 0 Å². The van der Waals surface area contributed by atoms with Crippen LogP contribution in [0.4, 0.5) is 5.69 Å². The normalized spacial score (nSPS) is 9.70. The second-order valence-corrected chi connectivity index (χ2v) is 3.68. The van der Waals surface area contributed by atoms with Crippen LogP contribution in [0.1, 0.15) is 17.3 Å². The molecule has 1 aromatic rings. The SMILES string of the molecule is CCNC(=O)COc1cc([N+](=O)[O-])c(C=O)cc1OC. The Morgan fingerprint density at radius 1 is 1.45 bits per heavy atom. The van der Waals surface area contributed by atoms with Crippen molar-refractivity contribution in [2.45, 2.75) is 6.92 Å². The zero-order valence-corrected chi connectivity index (χ0v) is 11.0. The fourth-order valence-electron chi connectivity index (χ4n) is 1.48. The fraction of sp³-hybridized carbons (Fsp3) is 0.333. The quantitative estimate of drug-likeness (QED) is 0.453. The molecule has 108 valence electrons. The van der Waals surface area contributed by atoms with E-state index in [-0.39, 0.29) is 29.6 Å². The molecule has 1 aromatic carbocycles. The maximum atomic E-state index is 11.3. The van der Waals surface area contributed by atoms with Crippen molar-refractivity contribution in [3.05, 3.63) is 27.8 Å². The Kier molecular flexibility index (Phi) is 5.45. The van der Waals surface area contributed by atoms with Gasteiger partial charge in [0.05, 0.1) is 23.7 Å². The number of rotatable bonds is 7. The second-order valence-electron chi connectivity index (χ2n) is 3.68. The third-order valence-corrected chi connectivity index (χ3v) is 2.37. The average molecular weight is 282 g/mol. The highest BCUT2D eigenvalue weighted by molar-refractivity contribution is 5.83. The number of hydrogen-bond donors (Lipinski definition) is 1. The lowest BCUT2D eigenvalue weighted by Gasteiger charge is -2.11. The smallest absolute Gasteiger partial charge is 0.283 e. The van der Waals surface area contributed by atoms with E-state index in [2.05, 4.69) is 5.32 Å². The zero-order chi connectivity index (χ0) is 15.1. The van der Waals surface area contributed by atoms with Crippen LogP contribution in [0.3, 0.4) is 0 Å². The Balaban J connectivity index is 3.05. The largest absolute Gasteiger partial charge is 0.493 e. The monoisotopic (exact) mass is 282 g/mol. The van der Waals surface area contributed by atoms with Gasteiger partial charge in [0.2, 0.25) is 0 Å². The topological polar surface area (TPSA) is 108 Å². The van der Waals surface area contributed by atoms with Crippen molar-refractivity contribution >= 4 is 17.9 Å². The number of likely N-dealkylation sites (N-methyl/N-ethyl adjacent to an activating group) is 1. The number of nitrogens with one attached hydrogen (secondary N) is 1. The molecule has 0 heterocycles. The molecule has 1 amide bonds. The van der Waals surface area contributed by atoms with Crippen molar-refractivity contribution in [3.63, 3.8) is 0 Å². The van der Waals surface area contributed by atoms with Gasteiger partial charge in [0, 0.05) is 12.6 Å². The number of aldehydes is 1. The zero-order valence-electron chi connectivity index (χ0n) is 11.0. The summed E-state index contributed by atoms with van der Waals surface area (Å²) in [6.07, 6.45) is 0.355. The first-order valence-electron chi connectivity index (χ1n) is 5.74. The molecule has 0 aliphatic heterocycles. The highest BCUT2D eigenvalue weighted by Crippen LogP contribution is 2.33. The number of carbonyl (C=O) groups excluding carboxylic acids is 2. The van der Waals surface area contributed by atoms with E-state index < -0.39 is 10.6 Å². The van der Waals surface area contributed by atoms with Gasteiger partial charge in [-0.2, -0.15) is 0 Å². The summed E-state index contributed by atoms with van der Waals surface area (Å²) >= 11 is 0. The van der Waals surface area contributed by atoms with Gasteiger partial charge in [-0.1, -0.05) is 0 Å². The summed E-state index contributed by atoms with van der Waals surface area (Å²) in [5.74, 6) is -0.199. The number of carbonyl (C=O) groups is 2. The lowest BCUT2D eigenvalue weighted by atomic mass is 10.1. The fourth-order valence-corrected chi connectivity index (χ4v) is 1.48. The molecule has 8 heteroatoms. The van der Waals surface area contributed by atoms with Crippen LogP contribution in [-0.4, -0.2) is 37.4 Å². The van der Waals surface area contributed by atoms with Gasteiger partial charge in [-0.25, -0.2) is 0 Å². The molecule has 1 N–H and O–H groups in total. The van der Waals surface area contributed by atoms with Crippen LogP contribution in [0.25, 0.3) is 0 Å². The van der Waals surface area contributed by atoms with Crippen molar-refractivity contribution < 1.29 is 24.0 Å². The number of nitrogens with zero attached hydrogens (tertiary/aromatic N) is 1. The number of ether oxygens (including phenoxy) is 2. The van der Waals surface area contributed by atoms with Crippen molar-refractivity contribution in [3.8, 4) is 11.5 Å². The summed E-state index contributed by atoms with van der Waals surface area (Å²) in [4.78, 5) is 32.2. The van der Waals surface area contributed by atoms with Gasteiger partial charge < -0.3 is 14.8 Å². The molecule has 0 spiro atoms. The number of hydrogen-bond acceptors (Lipinski definition) is 6. The average Bonchev–Trinajstić information content (AvgIpc) is 2.44. The third-order valence-electron chi connectivity index (χ3n) is 2.37. The molecule has 0 radical (unpaired) electrons. The van der Waals surface area contributed by atoms with E-state index in [0.29, 0.717) is 12.8 Å². The molecule has 8 nitrogen and oxygen atoms in total. The number of benzene rings is 1. The van der Waals surface area contributed by atoms with Gasteiger partial charge >= 0.3 is 0 Å². The molecular weight excluding hydrogens is 268 g/mol. The molecule has 1 rings (SSSR count). The third kappa shape index (κ3) is 3.67. The molecule has 0 bridgehead atoms. The van der Waals surface area contributed by atoms with Crippen molar-refractivity contribution in [1.29, 1.82) is 0 Å². The predicted octanol–water partition coefficient (Wildman–Crippen LogP) is 0.931. The van der Waals surface area contributed by atoms with Crippen molar-refractivity contribution in [2.24, 2.45) is 0 Å². The van der Waals surface area contributed by atoms with Gasteiger partial charge in [0.15, 0.2) is 24.4 Å². The van der Waals surface area contributed by atoms with E-state index in [4.69, 9.17) is 9.47 Å². The lowest BCUT2D eigenvalue weighted by Crippen LogP contribution is -2.28. The highest BCUT2D eigenvalue weighted by Gasteiger charge is 2.19. The predicted molar refractivity (Wildman–Crippen MR) is 69.2 cm³/mol. The van der Waals surface area contributed by atoms with Crippen LogP contribution in [-0.2, 0) is 4.79 Å². The number of amides is 1. The first-order valence-corrected chi connectivity index (χ1v) is 5.74.